The van der Waals surface area contributed by atoms with E-state index in [1.54, 1.807) is 0 Å². The molecule has 5 heteroatoms. The fraction of sp³-hybridized carbons (Fsp3) is 0.429. The maximum atomic E-state index is 13.6. The number of phenols is 1. The van der Waals surface area contributed by atoms with Gasteiger partial charge in [-0.15, -0.1) is 0 Å². The van der Waals surface area contributed by atoms with Gasteiger partial charge in [0.1, 0.15) is 22.7 Å². The molecular formula is C14H15FN2O2. The van der Waals surface area contributed by atoms with Crippen LogP contribution in [0.3, 0.4) is 0 Å². The summed E-state index contributed by atoms with van der Waals surface area (Å²) in [4.78, 5) is 12.1. The lowest BCUT2D eigenvalue weighted by atomic mass is 9.82. The van der Waals surface area contributed by atoms with Crippen molar-refractivity contribution in [3.8, 4) is 11.8 Å². The van der Waals surface area contributed by atoms with Gasteiger partial charge in [-0.05, 0) is 25.0 Å². The number of carbonyl (C=O) groups is 1. The lowest BCUT2D eigenvalue weighted by molar-refractivity contribution is 0.0895. The smallest absolute Gasteiger partial charge is 0.259 e. The Morgan fingerprint density at radius 1 is 1.37 bits per heavy atom. The molecule has 0 spiro atoms. The second-order valence-electron chi connectivity index (χ2n) is 4.84. The average molecular weight is 262 g/mol. The lowest BCUT2D eigenvalue weighted by Gasteiger charge is -2.31. The summed E-state index contributed by atoms with van der Waals surface area (Å²) in [7, 11) is 0. The molecule has 4 nitrogen and oxygen atoms in total. The molecule has 0 atom stereocenters. The van der Waals surface area contributed by atoms with E-state index >= 15 is 0 Å². The molecule has 0 heterocycles. The topological polar surface area (TPSA) is 73.1 Å². The largest absolute Gasteiger partial charge is 0.507 e. The minimum Gasteiger partial charge on any atom is -0.507 e. The second-order valence-corrected chi connectivity index (χ2v) is 4.84. The Kier molecular flexibility index (Phi) is 3.70. The van der Waals surface area contributed by atoms with E-state index in [1.165, 1.54) is 12.1 Å². The van der Waals surface area contributed by atoms with Crippen LogP contribution >= 0.6 is 0 Å². The van der Waals surface area contributed by atoms with E-state index in [0.29, 0.717) is 12.8 Å². The Morgan fingerprint density at radius 3 is 2.63 bits per heavy atom. The van der Waals surface area contributed by atoms with Gasteiger partial charge in [0.25, 0.3) is 5.91 Å². The highest BCUT2D eigenvalue weighted by Gasteiger charge is 2.34. The molecule has 2 rings (SSSR count). The number of carbonyl (C=O) groups excluding carboxylic acids is 1. The summed E-state index contributed by atoms with van der Waals surface area (Å²) in [6, 6.07) is 5.80. The molecule has 1 aliphatic rings. The van der Waals surface area contributed by atoms with E-state index in [4.69, 9.17) is 0 Å². The molecule has 1 aliphatic carbocycles. The van der Waals surface area contributed by atoms with E-state index in [2.05, 4.69) is 11.4 Å². The standard InChI is InChI=1S/C14H15FN2O2/c15-10-5-4-6-11(18)12(10)13(19)17-14(9-16)7-2-1-3-8-14/h4-6,18H,1-3,7-8H2,(H,17,19). The van der Waals surface area contributed by atoms with Gasteiger partial charge in [-0.2, -0.15) is 5.26 Å². The first kappa shape index (κ1) is 13.3. The molecule has 1 amide bonds. The number of hydrogen-bond acceptors (Lipinski definition) is 3. The SMILES string of the molecule is N#CC1(NC(=O)c2c(O)cccc2F)CCCCC1. The zero-order chi connectivity index (χ0) is 13.9. The lowest BCUT2D eigenvalue weighted by Crippen LogP contribution is -2.48. The predicted molar refractivity (Wildman–Crippen MR) is 67.0 cm³/mol. The molecule has 0 radical (unpaired) electrons. The Morgan fingerprint density at radius 2 is 2.05 bits per heavy atom. The van der Waals surface area contributed by atoms with E-state index in [0.717, 1.165) is 25.3 Å². The van der Waals surface area contributed by atoms with E-state index < -0.39 is 28.6 Å². The number of benzene rings is 1. The van der Waals surface area contributed by atoms with Gasteiger partial charge >= 0.3 is 0 Å². The first-order valence-corrected chi connectivity index (χ1v) is 6.29. The Hall–Kier alpha value is -2.09. The molecule has 1 aromatic carbocycles. The first-order valence-electron chi connectivity index (χ1n) is 6.29. The number of hydrogen-bond donors (Lipinski definition) is 2. The molecule has 0 aromatic heterocycles. The Bertz CT molecular complexity index is 510. The van der Waals surface area contributed by atoms with Crippen molar-refractivity contribution in [3.63, 3.8) is 0 Å². The van der Waals surface area contributed by atoms with Crippen LogP contribution in [0.1, 0.15) is 42.5 Å². The van der Waals surface area contributed by atoms with Gasteiger partial charge in [0, 0.05) is 0 Å². The Labute approximate surface area is 110 Å². The van der Waals surface area contributed by atoms with Gasteiger partial charge in [0.2, 0.25) is 0 Å². The molecule has 1 aromatic rings. The highest BCUT2D eigenvalue weighted by Crippen LogP contribution is 2.29. The average Bonchev–Trinajstić information content (AvgIpc) is 2.39. The fourth-order valence-electron chi connectivity index (χ4n) is 2.44. The summed E-state index contributed by atoms with van der Waals surface area (Å²) in [6.07, 6.45) is 3.87. The number of nitrogens with one attached hydrogen (secondary N) is 1. The van der Waals surface area contributed by atoms with Gasteiger partial charge in [-0.1, -0.05) is 25.3 Å². The number of rotatable bonds is 2. The van der Waals surface area contributed by atoms with Crippen molar-refractivity contribution in [1.82, 2.24) is 5.32 Å². The zero-order valence-corrected chi connectivity index (χ0v) is 10.4. The zero-order valence-electron chi connectivity index (χ0n) is 10.4. The van der Waals surface area contributed by atoms with E-state index in [1.807, 2.05) is 0 Å². The van der Waals surface area contributed by atoms with Crippen LogP contribution in [0.15, 0.2) is 18.2 Å². The molecule has 19 heavy (non-hydrogen) atoms. The number of halogens is 1. The number of nitriles is 1. The molecule has 100 valence electrons. The quantitative estimate of drug-likeness (QED) is 0.860. The number of phenolic OH excluding ortho intramolecular Hbond substituents is 1. The molecule has 0 saturated heterocycles. The van der Waals surface area contributed by atoms with Gasteiger partial charge in [0.15, 0.2) is 0 Å². The van der Waals surface area contributed by atoms with Gasteiger partial charge in [-0.3, -0.25) is 4.79 Å². The fourth-order valence-corrected chi connectivity index (χ4v) is 2.44. The van der Waals surface area contributed by atoms with Crippen molar-refractivity contribution in [2.24, 2.45) is 0 Å². The minimum absolute atomic E-state index is 0.400. The molecule has 1 saturated carbocycles. The summed E-state index contributed by atoms with van der Waals surface area (Å²) < 4.78 is 13.6. The highest BCUT2D eigenvalue weighted by atomic mass is 19.1. The van der Waals surface area contributed by atoms with Crippen molar-refractivity contribution in [2.75, 3.05) is 0 Å². The summed E-state index contributed by atoms with van der Waals surface area (Å²) >= 11 is 0. The molecular weight excluding hydrogens is 247 g/mol. The van der Waals surface area contributed by atoms with E-state index in [9.17, 15) is 19.6 Å². The third-order valence-corrected chi connectivity index (χ3v) is 3.49. The normalized spacial score (nSPS) is 17.5. The van der Waals surface area contributed by atoms with Gasteiger partial charge < -0.3 is 10.4 Å². The summed E-state index contributed by atoms with van der Waals surface area (Å²) in [5, 5.41) is 21.4. The molecule has 0 bridgehead atoms. The maximum Gasteiger partial charge on any atom is 0.259 e. The Balaban J connectivity index is 2.23. The van der Waals surface area contributed by atoms with Crippen molar-refractivity contribution in [2.45, 2.75) is 37.6 Å². The minimum atomic E-state index is -0.940. The summed E-state index contributed by atoms with van der Waals surface area (Å²) in [5.41, 5.74) is -1.34. The third kappa shape index (κ3) is 2.68. The van der Waals surface area contributed by atoms with Crippen LogP contribution in [-0.2, 0) is 0 Å². The van der Waals surface area contributed by atoms with Crippen LogP contribution in [0, 0.1) is 17.1 Å². The molecule has 0 unspecified atom stereocenters. The number of nitrogens with zero attached hydrogens (tertiary/aromatic N) is 1. The van der Waals surface area contributed by atoms with Crippen LogP contribution in [-0.4, -0.2) is 16.6 Å². The first-order chi connectivity index (χ1) is 9.08. The van der Waals surface area contributed by atoms with Crippen molar-refractivity contribution >= 4 is 5.91 Å². The molecule has 0 aliphatic heterocycles. The van der Waals surface area contributed by atoms with Gasteiger partial charge in [0.05, 0.1) is 6.07 Å². The summed E-state index contributed by atoms with van der Waals surface area (Å²) in [6.45, 7) is 0. The van der Waals surface area contributed by atoms with Crippen LogP contribution < -0.4 is 5.32 Å². The summed E-state index contributed by atoms with van der Waals surface area (Å²) in [5.74, 6) is -1.94. The van der Waals surface area contributed by atoms with E-state index in [-0.39, 0.29) is 0 Å². The van der Waals surface area contributed by atoms with Crippen LogP contribution in [0.25, 0.3) is 0 Å². The predicted octanol–water partition coefficient (Wildman–Crippen LogP) is 2.49. The number of aromatic hydroxyl groups is 1. The second kappa shape index (κ2) is 5.27. The van der Waals surface area contributed by atoms with Crippen LogP contribution in [0.5, 0.6) is 5.75 Å². The van der Waals surface area contributed by atoms with Crippen molar-refractivity contribution < 1.29 is 14.3 Å². The monoisotopic (exact) mass is 262 g/mol. The third-order valence-electron chi connectivity index (χ3n) is 3.49. The van der Waals surface area contributed by atoms with Gasteiger partial charge in [-0.25, -0.2) is 4.39 Å². The number of amides is 1. The molecule has 1 fully saturated rings. The van der Waals surface area contributed by atoms with Crippen LogP contribution in [0.4, 0.5) is 4.39 Å². The molecule has 2 N–H and O–H groups in total. The van der Waals surface area contributed by atoms with Crippen LogP contribution in [0.2, 0.25) is 0 Å². The highest BCUT2D eigenvalue weighted by molar-refractivity contribution is 5.97. The van der Waals surface area contributed by atoms with Crippen molar-refractivity contribution in [1.29, 1.82) is 5.26 Å². The maximum absolute atomic E-state index is 13.6. The van der Waals surface area contributed by atoms with Crippen molar-refractivity contribution in [3.05, 3.63) is 29.6 Å².